The van der Waals surface area contributed by atoms with E-state index in [2.05, 4.69) is 21.3 Å². The average Bonchev–Trinajstić information content (AvgIpc) is 2.78. The zero-order chi connectivity index (χ0) is 22.1. The first kappa shape index (κ1) is 21.5. The molecular formula is C23H21FN4O3. The van der Waals surface area contributed by atoms with Crippen molar-refractivity contribution in [1.29, 1.82) is 0 Å². The van der Waals surface area contributed by atoms with Gasteiger partial charge in [0.1, 0.15) is 5.82 Å². The van der Waals surface area contributed by atoms with Gasteiger partial charge in [-0.25, -0.2) is 9.18 Å². The van der Waals surface area contributed by atoms with Crippen LogP contribution < -0.4 is 21.3 Å². The van der Waals surface area contributed by atoms with Crippen molar-refractivity contribution < 1.29 is 18.8 Å². The van der Waals surface area contributed by atoms with Crippen LogP contribution in [0.5, 0.6) is 0 Å². The molecule has 7 nitrogen and oxygen atoms in total. The predicted octanol–water partition coefficient (Wildman–Crippen LogP) is 3.63. The fourth-order valence-electron chi connectivity index (χ4n) is 2.71. The number of anilines is 2. The number of urea groups is 1. The van der Waals surface area contributed by atoms with E-state index in [0.29, 0.717) is 16.9 Å². The van der Waals surface area contributed by atoms with Crippen LogP contribution in [0.4, 0.5) is 20.6 Å². The minimum Gasteiger partial charge on any atom is -0.350 e. The first-order chi connectivity index (χ1) is 15.0. The lowest BCUT2D eigenvalue weighted by Gasteiger charge is -2.09. The Kier molecular flexibility index (Phi) is 7.31. The van der Waals surface area contributed by atoms with Gasteiger partial charge < -0.3 is 21.3 Å². The zero-order valence-corrected chi connectivity index (χ0v) is 16.5. The molecule has 0 aliphatic carbocycles. The van der Waals surface area contributed by atoms with Crippen LogP contribution in [0.1, 0.15) is 20.7 Å². The van der Waals surface area contributed by atoms with E-state index in [0.717, 1.165) is 0 Å². The van der Waals surface area contributed by atoms with Crippen molar-refractivity contribution in [1.82, 2.24) is 10.6 Å². The van der Waals surface area contributed by atoms with Crippen LogP contribution in [0.2, 0.25) is 0 Å². The maximum absolute atomic E-state index is 13.6. The van der Waals surface area contributed by atoms with E-state index in [9.17, 15) is 18.8 Å². The average molecular weight is 420 g/mol. The quantitative estimate of drug-likeness (QED) is 0.439. The summed E-state index contributed by atoms with van der Waals surface area (Å²) in [4.78, 5) is 36.1. The summed E-state index contributed by atoms with van der Waals surface area (Å²) in [7, 11) is 0. The Morgan fingerprint density at radius 1 is 0.645 bits per heavy atom. The van der Waals surface area contributed by atoms with Crippen LogP contribution >= 0.6 is 0 Å². The minimum absolute atomic E-state index is 0.0479. The van der Waals surface area contributed by atoms with Crippen LogP contribution in [-0.4, -0.2) is 30.9 Å². The summed E-state index contributed by atoms with van der Waals surface area (Å²) in [5.74, 6) is -1.48. The van der Waals surface area contributed by atoms with E-state index in [4.69, 9.17) is 0 Å². The molecule has 0 saturated carbocycles. The normalized spacial score (nSPS) is 10.1. The third-order valence-electron chi connectivity index (χ3n) is 4.25. The smallest absolute Gasteiger partial charge is 0.323 e. The molecule has 0 fully saturated rings. The van der Waals surface area contributed by atoms with Crippen molar-refractivity contribution in [3.05, 3.63) is 95.8 Å². The number of benzene rings is 3. The Hall–Kier alpha value is -4.20. The van der Waals surface area contributed by atoms with E-state index >= 15 is 0 Å². The van der Waals surface area contributed by atoms with E-state index in [1.54, 1.807) is 42.5 Å². The molecule has 0 aliphatic heterocycles. The Morgan fingerprint density at radius 3 is 1.84 bits per heavy atom. The van der Waals surface area contributed by atoms with Gasteiger partial charge in [-0.15, -0.1) is 0 Å². The third kappa shape index (κ3) is 6.40. The molecule has 0 atom stereocenters. The number of carbonyl (C=O) groups is 3. The highest BCUT2D eigenvalue weighted by Gasteiger charge is 2.10. The van der Waals surface area contributed by atoms with Crippen molar-refractivity contribution >= 4 is 29.2 Å². The van der Waals surface area contributed by atoms with Crippen molar-refractivity contribution in [2.24, 2.45) is 0 Å². The van der Waals surface area contributed by atoms with Gasteiger partial charge in [-0.3, -0.25) is 9.59 Å². The molecular weight excluding hydrogens is 399 g/mol. The Morgan fingerprint density at radius 2 is 1.19 bits per heavy atom. The number of carbonyl (C=O) groups excluding carboxylic acids is 3. The molecule has 0 aromatic heterocycles. The molecule has 4 amide bonds. The first-order valence-electron chi connectivity index (χ1n) is 9.57. The Bertz CT molecular complexity index is 1060. The Labute approximate surface area is 178 Å². The summed E-state index contributed by atoms with van der Waals surface area (Å²) < 4.78 is 13.6. The van der Waals surface area contributed by atoms with Gasteiger partial charge in [0, 0.05) is 30.0 Å². The highest BCUT2D eigenvalue weighted by Crippen LogP contribution is 2.11. The van der Waals surface area contributed by atoms with Gasteiger partial charge >= 0.3 is 6.03 Å². The van der Waals surface area contributed by atoms with Crippen molar-refractivity contribution in [2.45, 2.75) is 0 Å². The number of para-hydroxylation sites is 1. The third-order valence-corrected chi connectivity index (χ3v) is 4.25. The van der Waals surface area contributed by atoms with Gasteiger partial charge in [0.2, 0.25) is 0 Å². The number of hydrogen-bond acceptors (Lipinski definition) is 3. The number of rotatable bonds is 7. The molecule has 0 unspecified atom stereocenters. The highest BCUT2D eigenvalue weighted by molar-refractivity contribution is 6.00. The lowest BCUT2D eigenvalue weighted by atomic mass is 10.2. The van der Waals surface area contributed by atoms with Gasteiger partial charge in [0.25, 0.3) is 11.8 Å². The van der Waals surface area contributed by atoms with E-state index in [1.807, 2.05) is 18.2 Å². The summed E-state index contributed by atoms with van der Waals surface area (Å²) in [6.45, 7) is 0.330. The summed E-state index contributed by atoms with van der Waals surface area (Å²) in [5.41, 5.74) is 1.54. The first-order valence-corrected chi connectivity index (χ1v) is 9.57. The Balaban J connectivity index is 1.42. The minimum atomic E-state index is -0.602. The molecule has 3 aromatic carbocycles. The van der Waals surface area contributed by atoms with Crippen LogP contribution in [0.15, 0.2) is 78.9 Å². The topological polar surface area (TPSA) is 99.3 Å². The molecule has 3 aromatic rings. The molecule has 8 heteroatoms. The van der Waals surface area contributed by atoms with Gasteiger partial charge in [0.15, 0.2) is 0 Å². The van der Waals surface area contributed by atoms with Gasteiger partial charge in [0.05, 0.1) is 5.56 Å². The molecule has 0 radical (unpaired) electrons. The number of halogens is 1. The second kappa shape index (κ2) is 10.5. The molecule has 158 valence electrons. The monoisotopic (exact) mass is 420 g/mol. The van der Waals surface area contributed by atoms with Crippen LogP contribution in [0, 0.1) is 5.82 Å². The number of hydrogen-bond donors (Lipinski definition) is 4. The molecule has 0 aliphatic rings. The molecule has 0 bridgehead atoms. The van der Waals surface area contributed by atoms with Crippen LogP contribution in [-0.2, 0) is 0 Å². The summed E-state index contributed by atoms with van der Waals surface area (Å²) in [6, 6.07) is 20.7. The second-order valence-electron chi connectivity index (χ2n) is 6.51. The number of nitrogens with one attached hydrogen (secondary N) is 4. The van der Waals surface area contributed by atoms with E-state index in [1.165, 1.54) is 18.2 Å². The lowest BCUT2D eigenvalue weighted by molar-refractivity contribution is 0.0925. The maximum atomic E-state index is 13.6. The van der Waals surface area contributed by atoms with Gasteiger partial charge in [-0.05, 0) is 48.5 Å². The maximum Gasteiger partial charge on any atom is 0.323 e. The zero-order valence-electron chi connectivity index (χ0n) is 16.5. The van der Waals surface area contributed by atoms with Crippen molar-refractivity contribution in [2.75, 3.05) is 23.7 Å². The van der Waals surface area contributed by atoms with Crippen molar-refractivity contribution in [3.8, 4) is 0 Å². The summed E-state index contributed by atoms with van der Waals surface area (Å²) >= 11 is 0. The molecule has 0 saturated heterocycles. The molecule has 31 heavy (non-hydrogen) atoms. The van der Waals surface area contributed by atoms with Gasteiger partial charge in [-0.2, -0.15) is 0 Å². The fourth-order valence-corrected chi connectivity index (χ4v) is 2.71. The molecule has 3 rings (SSSR count). The summed E-state index contributed by atoms with van der Waals surface area (Å²) in [6.07, 6.45) is 0. The van der Waals surface area contributed by atoms with E-state index in [-0.39, 0.29) is 24.6 Å². The molecule has 4 N–H and O–H groups in total. The highest BCUT2D eigenvalue weighted by atomic mass is 19.1. The lowest BCUT2D eigenvalue weighted by Crippen LogP contribution is -2.35. The van der Waals surface area contributed by atoms with Gasteiger partial charge in [-0.1, -0.05) is 30.3 Å². The standard InChI is InChI=1S/C23H21FN4O3/c24-20-9-5-4-8-19(20)22(30)26-15-14-25-21(29)16-10-12-18(13-11-16)28-23(31)27-17-6-2-1-3-7-17/h1-13H,14-15H2,(H,25,29)(H,26,30)(H2,27,28,31). The second-order valence-corrected chi connectivity index (χ2v) is 6.51. The fraction of sp³-hybridized carbons (Fsp3) is 0.0870. The molecule has 0 spiro atoms. The van der Waals surface area contributed by atoms with Crippen LogP contribution in [0.3, 0.4) is 0 Å². The van der Waals surface area contributed by atoms with Crippen molar-refractivity contribution in [3.63, 3.8) is 0 Å². The number of amides is 4. The van der Waals surface area contributed by atoms with E-state index < -0.39 is 17.8 Å². The SMILES string of the molecule is O=C(Nc1ccccc1)Nc1ccc(C(=O)NCCNC(=O)c2ccccc2F)cc1. The molecule has 0 heterocycles. The van der Waals surface area contributed by atoms with Crippen LogP contribution in [0.25, 0.3) is 0 Å². The summed E-state index contributed by atoms with van der Waals surface area (Å²) in [5, 5.41) is 10.6. The largest absolute Gasteiger partial charge is 0.350 e. The predicted molar refractivity (Wildman–Crippen MR) is 117 cm³/mol.